The van der Waals surface area contributed by atoms with E-state index in [1.807, 2.05) is 24.3 Å². The van der Waals surface area contributed by atoms with Gasteiger partial charge in [-0.25, -0.2) is 9.48 Å². The summed E-state index contributed by atoms with van der Waals surface area (Å²) in [5.74, 6) is 1.09. The summed E-state index contributed by atoms with van der Waals surface area (Å²) in [5.41, 5.74) is 1.72. The molecule has 168 valence electrons. The van der Waals surface area contributed by atoms with Gasteiger partial charge in [0.25, 0.3) is 5.56 Å². The van der Waals surface area contributed by atoms with E-state index in [4.69, 9.17) is 9.47 Å². The first kappa shape index (κ1) is 21.8. The molecule has 0 fully saturated rings. The van der Waals surface area contributed by atoms with Crippen LogP contribution in [0.4, 0.5) is 10.5 Å². The number of hydrogen-bond acceptors (Lipinski definition) is 6. The molecule has 0 spiro atoms. The van der Waals surface area contributed by atoms with Crippen LogP contribution in [0.5, 0.6) is 11.5 Å². The topological polar surface area (TPSA) is 107 Å². The zero-order chi connectivity index (χ0) is 23.2. The Kier molecular flexibility index (Phi) is 6.49. The first-order valence-electron chi connectivity index (χ1n) is 10.2. The Balaban J connectivity index is 1.56. The number of nitrogens with one attached hydrogen (secondary N) is 2. The number of pyridine rings is 1. The normalized spacial score (nSPS) is 10.6. The van der Waals surface area contributed by atoms with E-state index in [1.54, 1.807) is 49.8 Å². The fourth-order valence-electron chi connectivity index (χ4n) is 3.44. The molecule has 0 atom stereocenters. The largest absolute Gasteiger partial charge is 0.497 e. The Labute approximate surface area is 190 Å². The molecule has 2 amide bonds. The van der Waals surface area contributed by atoms with E-state index in [9.17, 15) is 9.59 Å². The van der Waals surface area contributed by atoms with E-state index in [1.165, 1.54) is 11.8 Å². The maximum absolute atomic E-state index is 12.9. The molecule has 0 unspecified atom stereocenters. The average Bonchev–Trinajstić information content (AvgIpc) is 2.86. The van der Waals surface area contributed by atoms with Crippen molar-refractivity contribution in [1.82, 2.24) is 20.1 Å². The summed E-state index contributed by atoms with van der Waals surface area (Å²) in [6.45, 7) is 0.401. The van der Waals surface area contributed by atoms with Crippen LogP contribution in [-0.2, 0) is 13.1 Å². The number of carbonyl (C=O) groups excluding carboxylic acids is 1. The van der Waals surface area contributed by atoms with E-state index in [0.29, 0.717) is 33.7 Å². The maximum atomic E-state index is 12.9. The molecular formula is C24H23N5O4. The first-order valence-corrected chi connectivity index (χ1v) is 10.2. The molecule has 33 heavy (non-hydrogen) atoms. The Bertz CT molecular complexity index is 1340. The van der Waals surface area contributed by atoms with Gasteiger partial charge in [-0.3, -0.25) is 9.78 Å². The second-order valence-electron chi connectivity index (χ2n) is 7.19. The highest BCUT2D eigenvalue weighted by Gasteiger charge is 2.13. The molecule has 2 aromatic carbocycles. The van der Waals surface area contributed by atoms with Gasteiger partial charge in [0.1, 0.15) is 11.5 Å². The molecule has 2 heterocycles. The minimum Gasteiger partial charge on any atom is -0.497 e. The molecule has 0 bridgehead atoms. The predicted molar refractivity (Wildman–Crippen MR) is 125 cm³/mol. The number of anilines is 1. The number of hydrogen-bond donors (Lipinski definition) is 2. The van der Waals surface area contributed by atoms with Gasteiger partial charge in [0.05, 0.1) is 44.1 Å². The Morgan fingerprint density at radius 2 is 1.85 bits per heavy atom. The lowest BCUT2D eigenvalue weighted by molar-refractivity contribution is 0.251. The van der Waals surface area contributed by atoms with Crippen LogP contribution in [0.15, 0.2) is 71.8 Å². The molecule has 2 N–H and O–H groups in total. The Morgan fingerprint density at radius 3 is 2.58 bits per heavy atom. The monoisotopic (exact) mass is 445 g/mol. The molecule has 0 saturated heterocycles. The summed E-state index contributed by atoms with van der Waals surface area (Å²) < 4.78 is 11.9. The number of aromatic nitrogens is 3. The third kappa shape index (κ3) is 4.93. The molecule has 4 aromatic rings. The number of rotatable bonds is 7. The smallest absolute Gasteiger partial charge is 0.319 e. The summed E-state index contributed by atoms with van der Waals surface area (Å²) in [4.78, 5) is 29.6. The molecule has 0 aliphatic rings. The lowest BCUT2D eigenvalue weighted by atomic mass is 10.1. The number of fused-ring (bicyclic) bond motifs is 1. The van der Waals surface area contributed by atoms with E-state index in [2.05, 4.69) is 20.7 Å². The van der Waals surface area contributed by atoms with Gasteiger partial charge in [-0.2, -0.15) is 5.10 Å². The highest BCUT2D eigenvalue weighted by atomic mass is 16.5. The van der Waals surface area contributed by atoms with Gasteiger partial charge in [-0.15, -0.1) is 0 Å². The lowest BCUT2D eigenvalue weighted by Crippen LogP contribution is -2.31. The van der Waals surface area contributed by atoms with E-state index >= 15 is 0 Å². The van der Waals surface area contributed by atoms with Crippen molar-refractivity contribution >= 4 is 22.5 Å². The van der Waals surface area contributed by atoms with Crippen molar-refractivity contribution in [2.24, 2.45) is 0 Å². The third-order valence-corrected chi connectivity index (χ3v) is 5.07. The quantitative estimate of drug-likeness (QED) is 0.452. The zero-order valence-electron chi connectivity index (χ0n) is 18.2. The maximum Gasteiger partial charge on any atom is 0.319 e. The van der Waals surface area contributed by atoms with Crippen LogP contribution in [0.1, 0.15) is 11.3 Å². The molecule has 4 rings (SSSR count). The van der Waals surface area contributed by atoms with Gasteiger partial charge in [0.2, 0.25) is 0 Å². The van der Waals surface area contributed by atoms with Crippen molar-refractivity contribution in [2.75, 3.05) is 19.5 Å². The summed E-state index contributed by atoms with van der Waals surface area (Å²) in [5, 5.41) is 11.3. The van der Waals surface area contributed by atoms with E-state index < -0.39 is 6.03 Å². The summed E-state index contributed by atoms with van der Waals surface area (Å²) in [7, 11) is 3.07. The van der Waals surface area contributed by atoms with Gasteiger partial charge in [0, 0.05) is 23.8 Å². The lowest BCUT2D eigenvalue weighted by Gasteiger charge is -2.14. The Morgan fingerprint density at radius 1 is 1.03 bits per heavy atom. The second-order valence-corrected chi connectivity index (χ2v) is 7.19. The van der Waals surface area contributed by atoms with Crippen LogP contribution in [0.3, 0.4) is 0 Å². The van der Waals surface area contributed by atoms with Gasteiger partial charge in [-0.1, -0.05) is 24.3 Å². The van der Waals surface area contributed by atoms with E-state index in [0.717, 1.165) is 5.56 Å². The van der Waals surface area contributed by atoms with Crippen molar-refractivity contribution in [1.29, 1.82) is 0 Å². The molecular weight excluding hydrogens is 422 g/mol. The number of carbonyl (C=O) groups is 1. The van der Waals surface area contributed by atoms with Crippen molar-refractivity contribution < 1.29 is 14.3 Å². The third-order valence-electron chi connectivity index (χ3n) is 5.07. The first-order chi connectivity index (χ1) is 16.1. The second kappa shape index (κ2) is 9.82. The van der Waals surface area contributed by atoms with Gasteiger partial charge >= 0.3 is 6.03 Å². The van der Waals surface area contributed by atoms with E-state index in [-0.39, 0.29) is 18.6 Å². The van der Waals surface area contributed by atoms with Crippen LogP contribution >= 0.6 is 0 Å². The molecule has 0 aliphatic carbocycles. The van der Waals surface area contributed by atoms with Crippen LogP contribution in [-0.4, -0.2) is 35.0 Å². The average molecular weight is 445 g/mol. The van der Waals surface area contributed by atoms with Gasteiger partial charge in [-0.05, 0) is 29.8 Å². The fraction of sp³-hybridized carbons (Fsp3) is 0.167. The number of methoxy groups -OCH3 is 2. The molecule has 0 saturated carbocycles. The molecule has 9 nitrogen and oxygen atoms in total. The van der Waals surface area contributed by atoms with Gasteiger partial charge in [0.15, 0.2) is 0 Å². The van der Waals surface area contributed by atoms with Gasteiger partial charge < -0.3 is 20.1 Å². The van der Waals surface area contributed by atoms with Crippen molar-refractivity contribution in [2.45, 2.75) is 13.1 Å². The Hall–Kier alpha value is -4.40. The minimum atomic E-state index is -0.436. The van der Waals surface area contributed by atoms with Crippen LogP contribution in [0, 0.1) is 0 Å². The van der Waals surface area contributed by atoms with Crippen LogP contribution in [0.2, 0.25) is 0 Å². The number of amides is 2. The summed E-state index contributed by atoms with van der Waals surface area (Å²) in [6, 6.07) is 15.6. The molecule has 0 radical (unpaired) electrons. The van der Waals surface area contributed by atoms with Crippen molar-refractivity contribution in [3.63, 3.8) is 0 Å². The molecule has 9 heteroatoms. The standard InChI is InChI=1S/C24H23N5O4/c1-32-17-9-10-20(22(12-17)33-2)27-24(31)26-14-21-18-7-3-4-8-19(18)23(30)29(28-21)15-16-6-5-11-25-13-16/h3-13H,14-15H2,1-2H3,(H2,26,27,31). The summed E-state index contributed by atoms with van der Waals surface area (Å²) in [6.07, 6.45) is 3.36. The SMILES string of the molecule is COc1ccc(NC(=O)NCc2nn(Cc3cccnc3)c(=O)c3ccccc23)c(OC)c1. The van der Waals surface area contributed by atoms with Crippen molar-refractivity contribution in [3.8, 4) is 11.5 Å². The molecule has 2 aromatic heterocycles. The number of nitrogens with zero attached hydrogens (tertiary/aromatic N) is 3. The predicted octanol–water partition coefficient (Wildman–Crippen LogP) is 3.18. The molecule has 0 aliphatic heterocycles. The highest BCUT2D eigenvalue weighted by molar-refractivity contribution is 5.91. The highest BCUT2D eigenvalue weighted by Crippen LogP contribution is 2.28. The fourth-order valence-corrected chi connectivity index (χ4v) is 3.44. The number of ether oxygens (including phenoxy) is 2. The summed E-state index contributed by atoms with van der Waals surface area (Å²) >= 11 is 0. The minimum absolute atomic E-state index is 0.123. The van der Waals surface area contributed by atoms with Crippen molar-refractivity contribution in [3.05, 3.63) is 88.6 Å². The van der Waals surface area contributed by atoms with Crippen LogP contribution in [0.25, 0.3) is 10.8 Å². The zero-order valence-corrected chi connectivity index (χ0v) is 18.2. The van der Waals surface area contributed by atoms with Crippen LogP contribution < -0.4 is 25.7 Å². The number of benzene rings is 2. The number of urea groups is 1.